The summed E-state index contributed by atoms with van der Waals surface area (Å²) in [6.45, 7) is 7.00. The van der Waals surface area contributed by atoms with E-state index in [1.54, 1.807) is 29.3 Å². The van der Waals surface area contributed by atoms with Gasteiger partial charge in [0.2, 0.25) is 0 Å². The van der Waals surface area contributed by atoms with Crippen LogP contribution in [0.15, 0.2) is 53.9 Å². The van der Waals surface area contributed by atoms with Crippen LogP contribution in [-0.4, -0.2) is 63.8 Å². The average molecular weight is 432 g/mol. The molecule has 2 aliphatic rings. The van der Waals surface area contributed by atoms with Crippen LogP contribution in [0.1, 0.15) is 6.92 Å². The van der Waals surface area contributed by atoms with Crippen LogP contribution in [0.3, 0.4) is 0 Å². The van der Waals surface area contributed by atoms with E-state index in [1.807, 2.05) is 12.1 Å². The molecule has 0 saturated carbocycles. The number of piperazine rings is 1. The van der Waals surface area contributed by atoms with Gasteiger partial charge in [-0.2, -0.15) is 0 Å². The van der Waals surface area contributed by atoms with E-state index >= 15 is 0 Å². The van der Waals surface area contributed by atoms with Crippen LogP contribution in [-0.2, 0) is 19.1 Å². The molecule has 0 aromatic heterocycles. The standard InChI is InChI=1S/C22H26ClN3O4/c1-4-24-11-13-25(14-12-24)19-9-8-16(15-18(19)23)26-10-6-5-7-17(21(27)29-2)20(26)22(28)30-3/h5-10,15H,4,11-14H2,1-3H3. The lowest BCUT2D eigenvalue weighted by Crippen LogP contribution is -2.46. The van der Waals surface area contributed by atoms with Crippen LogP contribution in [0.5, 0.6) is 0 Å². The van der Waals surface area contributed by atoms with Gasteiger partial charge in [-0.1, -0.05) is 24.6 Å². The predicted octanol–water partition coefficient (Wildman–Crippen LogP) is 2.97. The molecule has 2 heterocycles. The minimum atomic E-state index is -0.650. The Morgan fingerprint density at radius 3 is 2.33 bits per heavy atom. The van der Waals surface area contributed by atoms with Crippen LogP contribution in [0.4, 0.5) is 11.4 Å². The Labute approximate surface area is 181 Å². The first-order valence-corrected chi connectivity index (χ1v) is 10.2. The van der Waals surface area contributed by atoms with Crippen molar-refractivity contribution in [3.05, 3.63) is 58.9 Å². The number of likely N-dealkylation sites (N-methyl/N-ethyl adjacent to an activating group) is 1. The van der Waals surface area contributed by atoms with Gasteiger partial charge in [-0.25, -0.2) is 9.59 Å². The number of halogens is 1. The second-order valence-electron chi connectivity index (χ2n) is 6.87. The summed E-state index contributed by atoms with van der Waals surface area (Å²) in [5.74, 6) is -1.28. The van der Waals surface area contributed by atoms with Gasteiger partial charge in [-0.15, -0.1) is 0 Å². The largest absolute Gasteiger partial charge is 0.465 e. The van der Waals surface area contributed by atoms with Gasteiger partial charge in [0.15, 0.2) is 0 Å². The number of carbonyl (C=O) groups is 2. The molecule has 3 rings (SSSR count). The van der Waals surface area contributed by atoms with Gasteiger partial charge in [0.05, 0.1) is 30.5 Å². The summed E-state index contributed by atoms with van der Waals surface area (Å²) < 4.78 is 9.78. The lowest BCUT2D eigenvalue weighted by molar-refractivity contribution is -0.139. The van der Waals surface area contributed by atoms with Gasteiger partial charge in [0, 0.05) is 38.1 Å². The monoisotopic (exact) mass is 431 g/mol. The number of esters is 2. The van der Waals surface area contributed by atoms with Crippen molar-refractivity contribution in [2.45, 2.75) is 6.92 Å². The molecule has 8 heteroatoms. The van der Waals surface area contributed by atoms with E-state index in [0.717, 1.165) is 38.4 Å². The topological polar surface area (TPSA) is 62.3 Å². The highest BCUT2D eigenvalue weighted by molar-refractivity contribution is 6.33. The Balaban J connectivity index is 1.96. The molecule has 160 valence electrons. The van der Waals surface area contributed by atoms with Crippen molar-refractivity contribution < 1.29 is 19.1 Å². The fourth-order valence-corrected chi connectivity index (χ4v) is 3.87. The summed E-state index contributed by atoms with van der Waals surface area (Å²) in [6, 6.07) is 5.61. The molecule has 0 atom stereocenters. The number of hydrogen-bond acceptors (Lipinski definition) is 7. The molecule has 0 bridgehead atoms. The number of nitrogens with zero attached hydrogens (tertiary/aromatic N) is 3. The predicted molar refractivity (Wildman–Crippen MR) is 118 cm³/mol. The molecule has 0 aliphatic carbocycles. The number of carbonyl (C=O) groups excluding carboxylic acids is 2. The van der Waals surface area contributed by atoms with E-state index < -0.39 is 11.9 Å². The second-order valence-corrected chi connectivity index (χ2v) is 7.28. The summed E-state index contributed by atoms with van der Waals surface area (Å²) >= 11 is 6.63. The molecular formula is C22H26ClN3O4. The fraction of sp³-hybridized carbons (Fsp3) is 0.364. The third kappa shape index (κ3) is 4.52. The third-order valence-corrected chi connectivity index (χ3v) is 5.56. The maximum Gasteiger partial charge on any atom is 0.355 e. The molecule has 7 nitrogen and oxygen atoms in total. The van der Waals surface area contributed by atoms with Gasteiger partial charge in [-0.3, -0.25) is 0 Å². The molecule has 0 radical (unpaired) electrons. The molecular weight excluding hydrogens is 406 g/mol. The Hall–Kier alpha value is -2.77. The van der Waals surface area contributed by atoms with Crippen molar-refractivity contribution in [3.63, 3.8) is 0 Å². The van der Waals surface area contributed by atoms with Crippen molar-refractivity contribution in [1.29, 1.82) is 0 Å². The van der Waals surface area contributed by atoms with E-state index in [2.05, 4.69) is 16.7 Å². The molecule has 1 fully saturated rings. The summed E-state index contributed by atoms with van der Waals surface area (Å²) in [5, 5.41) is 0.576. The van der Waals surface area contributed by atoms with Crippen LogP contribution < -0.4 is 9.80 Å². The molecule has 2 aliphatic heterocycles. The Morgan fingerprint density at radius 1 is 1.03 bits per heavy atom. The summed E-state index contributed by atoms with van der Waals surface area (Å²) in [5.41, 5.74) is 1.75. The summed E-state index contributed by atoms with van der Waals surface area (Å²) in [4.78, 5) is 31.1. The molecule has 1 saturated heterocycles. The minimum absolute atomic E-state index is 0.0646. The van der Waals surface area contributed by atoms with E-state index in [1.165, 1.54) is 20.3 Å². The van der Waals surface area contributed by atoms with Crippen molar-refractivity contribution in [3.8, 4) is 0 Å². The first kappa shape index (κ1) is 21.9. The number of rotatable bonds is 5. The molecule has 30 heavy (non-hydrogen) atoms. The molecule has 0 spiro atoms. The van der Waals surface area contributed by atoms with Crippen molar-refractivity contribution >= 4 is 34.9 Å². The molecule has 1 aromatic carbocycles. The number of anilines is 2. The van der Waals surface area contributed by atoms with Gasteiger partial charge in [0.25, 0.3) is 0 Å². The highest BCUT2D eigenvalue weighted by atomic mass is 35.5. The fourth-order valence-electron chi connectivity index (χ4n) is 3.57. The maximum absolute atomic E-state index is 12.5. The van der Waals surface area contributed by atoms with E-state index in [-0.39, 0.29) is 11.3 Å². The summed E-state index contributed by atoms with van der Waals surface area (Å²) in [6.07, 6.45) is 6.60. The number of allylic oxidation sites excluding steroid dienone is 2. The van der Waals surface area contributed by atoms with Crippen LogP contribution in [0, 0.1) is 0 Å². The zero-order valence-electron chi connectivity index (χ0n) is 17.4. The average Bonchev–Trinajstić information content (AvgIpc) is 3.01. The van der Waals surface area contributed by atoms with Gasteiger partial charge < -0.3 is 24.2 Å². The number of hydrogen-bond donors (Lipinski definition) is 0. The Bertz CT molecular complexity index is 902. The Morgan fingerprint density at radius 2 is 1.73 bits per heavy atom. The van der Waals surface area contributed by atoms with Crippen molar-refractivity contribution in [2.75, 3.05) is 56.7 Å². The van der Waals surface area contributed by atoms with Gasteiger partial charge in [-0.05, 0) is 36.9 Å². The molecule has 1 aromatic rings. The van der Waals surface area contributed by atoms with E-state index in [0.29, 0.717) is 10.7 Å². The first-order chi connectivity index (χ1) is 14.5. The number of methoxy groups -OCH3 is 2. The van der Waals surface area contributed by atoms with E-state index in [9.17, 15) is 9.59 Å². The van der Waals surface area contributed by atoms with Crippen LogP contribution >= 0.6 is 11.6 Å². The SMILES string of the molecule is CCN1CCN(c2ccc(N3C=CC=CC(C(=O)OC)=C3C(=O)OC)cc2Cl)CC1. The highest BCUT2D eigenvalue weighted by Gasteiger charge is 2.28. The minimum Gasteiger partial charge on any atom is -0.465 e. The van der Waals surface area contributed by atoms with Gasteiger partial charge in [0.1, 0.15) is 5.70 Å². The molecule has 0 amide bonds. The number of ether oxygens (including phenoxy) is 2. The first-order valence-electron chi connectivity index (χ1n) is 9.82. The third-order valence-electron chi connectivity index (χ3n) is 5.26. The maximum atomic E-state index is 12.5. The second kappa shape index (κ2) is 9.82. The van der Waals surface area contributed by atoms with Crippen LogP contribution in [0.25, 0.3) is 0 Å². The molecule has 0 unspecified atom stereocenters. The zero-order chi connectivity index (χ0) is 21.7. The van der Waals surface area contributed by atoms with Crippen LogP contribution in [0.2, 0.25) is 5.02 Å². The summed E-state index contributed by atoms with van der Waals surface area (Å²) in [7, 11) is 2.54. The zero-order valence-corrected chi connectivity index (χ0v) is 18.2. The van der Waals surface area contributed by atoms with Crippen molar-refractivity contribution in [1.82, 2.24) is 4.90 Å². The lowest BCUT2D eigenvalue weighted by Gasteiger charge is -2.36. The quantitative estimate of drug-likeness (QED) is 0.664. The Kier molecular flexibility index (Phi) is 7.18. The highest BCUT2D eigenvalue weighted by Crippen LogP contribution is 2.34. The lowest BCUT2D eigenvalue weighted by atomic mass is 10.1. The van der Waals surface area contributed by atoms with Gasteiger partial charge >= 0.3 is 11.9 Å². The van der Waals surface area contributed by atoms with Crippen molar-refractivity contribution in [2.24, 2.45) is 0 Å². The number of benzene rings is 1. The molecule has 0 N–H and O–H groups in total. The normalized spacial score (nSPS) is 17.2. The smallest absolute Gasteiger partial charge is 0.355 e. The van der Waals surface area contributed by atoms with E-state index in [4.69, 9.17) is 21.1 Å².